The van der Waals surface area contributed by atoms with E-state index in [0.717, 1.165) is 13.0 Å². The molecule has 0 atom stereocenters. The Labute approximate surface area is 108 Å². The topological polar surface area (TPSA) is 66.9 Å². The third kappa shape index (κ3) is 5.12. The number of hydrogen-bond acceptors (Lipinski definition) is 4. The van der Waals surface area contributed by atoms with E-state index >= 15 is 0 Å². The molecule has 5 nitrogen and oxygen atoms in total. The maximum absolute atomic E-state index is 11.6. The summed E-state index contributed by atoms with van der Waals surface area (Å²) in [7, 11) is 0. The van der Waals surface area contributed by atoms with Crippen LogP contribution in [0, 0.1) is 0 Å². The molecule has 1 aromatic rings. The molecule has 100 valence electrons. The molecule has 0 saturated carbocycles. The van der Waals surface area contributed by atoms with E-state index < -0.39 is 0 Å². The summed E-state index contributed by atoms with van der Waals surface area (Å²) in [5.41, 5.74) is 0.350. The third-order valence-electron chi connectivity index (χ3n) is 2.39. The fraction of sp³-hybridized carbons (Fsp3) is 0.615. The second-order valence-corrected chi connectivity index (χ2v) is 4.55. The Kier molecular flexibility index (Phi) is 6.11. The predicted octanol–water partition coefficient (Wildman–Crippen LogP) is 2.22. The van der Waals surface area contributed by atoms with Crippen molar-refractivity contribution in [2.75, 3.05) is 11.9 Å². The van der Waals surface area contributed by atoms with Crippen molar-refractivity contribution in [3.8, 4) is 0 Å². The molecule has 0 aliphatic rings. The molecule has 1 aromatic heterocycles. The summed E-state index contributed by atoms with van der Waals surface area (Å²) in [6, 6.07) is 0.103. The first-order valence-electron chi connectivity index (χ1n) is 6.50. The van der Waals surface area contributed by atoms with Gasteiger partial charge in [-0.1, -0.05) is 19.8 Å². The molecule has 2 N–H and O–H groups in total. The highest BCUT2D eigenvalue weighted by atomic mass is 16.1. The lowest BCUT2D eigenvalue weighted by molar-refractivity contribution is 0.0937. The van der Waals surface area contributed by atoms with Crippen LogP contribution in [0.5, 0.6) is 0 Å². The number of carbonyl (C=O) groups excluding carboxylic acids is 1. The summed E-state index contributed by atoms with van der Waals surface area (Å²) >= 11 is 0. The minimum Gasteiger partial charge on any atom is -0.369 e. The van der Waals surface area contributed by atoms with Gasteiger partial charge in [0.05, 0.1) is 12.4 Å². The Bertz CT molecular complexity index is 362. The highest BCUT2D eigenvalue weighted by Crippen LogP contribution is 2.02. The zero-order valence-electron chi connectivity index (χ0n) is 11.4. The molecule has 0 aromatic carbocycles. The molecule has 0 bridgehead atoms. The minimum absolute atomic E-state index is 0.103. The average Bonchev–Trinajstić information content (AvgIpc) is 2.34. The van der Waals surface area contributed by atoms with Crippen LogP contribution in [-0.2, 0) is 0 Å². The number of rotatable bonds is 7. The van der Waals surface area contributed by atoms with E-state index in [-0.39, 0.29) is 11.9 Å². The molecule has 18 heavy (non-hydrogen) atoms. The van der Waals surface area contributed by atoms with Crippen molar-refractivity contribution in [1.29, 1.82) is 0 Å². The monoisotopic (exact) mass is 250 g/mol. The van der Waals surface area contributed by atoms with Crippen LogP contribution in [0.3, 0.4) is 0 Å². The van der Waals surface area contributed by atoms with Crippen molar-refractivity contribution in [2.24, 2.45) is 0 Å². The van der Waals surface area contributed by atoms with Crippen molar-refractivity contribution in [2.45, 2.75) is 46.1 Å². The Morgan fingerprint density at radius 2 is 2.06 bits per heavy atom. The van der Waals surface area contributed by atoms with Gasteiger partial charge in [0.1, 0.15) is 11.5 Å². The first-order valence-corrected chi connectivity index (χ1v) is 6.50. The van der Waals surface area contributed by atoms with Crippen LogP contribution in [0.2, 0.25) is 0 Å². The average molecular weight is 250 g/mol. The van der Waals surface area contributed by atoms with Crippen molar-refractivity contribution in [3.05, 3.63) is 18.1 Å². The maximum atomic E-state index is 11.6. The fourth-order valence-electron chi connectivity index (χ4n) is 1.46. The Balaban J connectivity index is 2.44. The predicted molar refractivity (Wildman–Crippen MR) is 72.6 cm³/mol. The van der Waals surface area contributed by atoms with E-state index in [1.54, 1.807) is 6.20 Å². The lowest BCUT2D eigenvalue weighted by Gasteiger charge is -2.08. The summed E-state index contributed by atoms with van der Waals surface area (Å²) in [4.78, 5) is 19.9. The maximum Gasteiger partial charge on any atom is 0.271 e. The highest BCUT2D eigenvalue weighted by Gasteiger charge is 2.08. The van der Waals surface area contributed by atoms with E-state index in [4.69, 9.17) is 0 Å². The van der Waals surface area contributed by atoms with E-state index in [1.807, 2.05) is 13.8 Å². The van der Waals surface area contributed by atoms with Gasteiger partial charge in [-0.25, -0.2) is 9.97 Å². The number of anilines is 1. The lowest BCUT2D eigenvalue weighted by atomic mass is 10.2. The van der Waals surface area contributed by atoms with Crippen molar-refractivity contribution in [1.82, 2.24) is 15.3 Å². The Hall–Kier alpha value is -1.65. The first kappa shape index (κ1) is 14.4. The van der Waals surface area contributed by atoms with Crippen LogP contribution in [0.4, 0.5) is 5.82 Å². The molecule has 0 aliphatic carbocycles. The van der Waals surface area contributed by atoms with Crippen molar-refractivity contribution >= 4 is 11.7 Å². The van der Waals surface area contributed by atoms with Crippen LogP contribution >= 0.6 is 0 Å². The lowest BCUT2D eigenvalue weighted by Crippen LogP contribution is -2.30. The Morgan fingerprint density at radius 3 is 2.61 bits per heavy atom. The van der Waals surface area contributed by atoms with Crippen LogP contribution in [-0.4, -0.2) is 28.5 Å². The van der Waals surface area contributed by atoms with Crippen LogP contribution in [0.15, 0.2) is 12.4 Å². The first-order chi connectivity index (χ1) is 8.63. The van der Waals surface area contributed by atoms with Gasteiger partial charge in [0, 0.05) is 12.6 Å². The number of amides is 1. The number of nitrogens with zero attached hydrogens (tertiary/aromatic N) is 2. The molecule has 0 spiro atoms. The number of hydrogen-bond donors (Lipinski definition) is 2. The highest BCUT2D eigenvalue weighted by molar-refractivity contribution is 5.92. The summed E-state index contributed by atoms with van der Waals surface area (Å²) in [5, 5.41) is 5.96. The molecule has 1 heterocycles. The van der Waals surface area contributed by atoms with Gasteiger partial charge in [-0.3, -0.25) is 4.79 Å². The van der Waals surface area contributed by atoms with Gasteiger partial charge in [0.2, 0.25) is 0 Å². The van der Waals surface area contributed by atoms with E-state index in [1.165, 1.54) is 19.0 Å². The third-order valence-corrected chi connectivity index (χ3v) is 2.39. The normalized spacial score (nSPS) is 10.4. The molecule has 0 aliphatic heterocycles. The summed E-state index contributed by atoms with van der Waals surface area (Å²) in [6.45, 7) is 6.88. The van der Waals surface area contributed by atoms with Gasteiger partial charge in [-0.15, -0.1) is 0 Å². The number of unbranched alkanes of at least 4 members (excludes halogenated alkanes) is 2. The smallest absolute Gasteiger partial charge is 0.271 e. The van der Waals surface area contributed by atoms with Crippen LogP contribution in [0.25, 0.3) is 0 Å². The summed E-state index contributed by atoms with van der Waals surface area (Å²) < 4.78 is 0. The molecule has 1 amide bonds. The van der Waals surface area contributed by atoms with Crippen LogP contribution < -0.4 is 10.6 Å². The van der Waals surface area contributed by atoms with Gasteiger partial charge in [-0.05, 0) is 20.3 Å². The molecule has 5 heteroatoms. The van der Waals surface area contributed by atoms with Crippen molar-refractivity contribution < 1.29 is 4.79 Å². The largest absolute Gasteiger partial charge is 0.369 e. The number of nitrogens with one attached hydrogen (secondary N) is 2. The molecule has 1 rings (SSSR count). The Morgan fingerprint density at radius 1 is 1.28 bits per heavy atom. The number of aromatic nitrogens is 2. The van der Waals surface area contributed by atoms with Gasteiger partial charge in [0.15, 0.2) is 0 Å². The molecule has 0 fully saturated rings. The number of carbonyl (C=O) groups is 1. The molecule has 0 saturated heterocycles. The van der Waals surface area contributed by atoms with E-state index in [2.05, 4.69) is 27.5 Å². The van der Waals surface area contributed by atoms with Gasteiger partial charge >= 0.3 is 0 Å². The second-order valence-electron chi connectivity index (χ2n) is 4.55. The van der Waals surface area contributed by atoms with Gasteiger partial charge in [-0.2, -0.15) is 0 Å². The fourth-order valence-corrected chi connectivity index (χ4v) is 1.46. The van der Waals surface area contributed by atoms with Gasteiger partial charge < -0.3 is 10.6 Å². The quantitative estimate of drug-likeness (QED) is 0.728. The standard InChI is InChI=1S/C13H22N4O/c1-4-5-6-7-14-12-9-15-11(8-16-12)13(18)17-10(2)3/h8-10H,4-7H2,1-3H3,(H,14,16)(H,17,18). The molecule has 0 radical (unpaired) electrons. The van der Waals surface area contributed by atoms with E-state index in [9.17, 15) is 4.79 Å². The van der Waals surface area contributed by atoms with Crippen LogP contribution in [0.1, 0.15) is 50.5 Å². The minimum atomic E-state index is -0.185. The molecular weight excluding hydrogens is 228 g/mol. The molecular formula is C13H22N4O. The summed E-state index contributed by atoms with van der Waals surface area (Å²) in [5.74, 6) is 0.530. The summed E-state index contributed by atoms with van der Waals surface area (Å²) in [6.07, 6.45) is 6.62. The van der Waals surface area contributed by atoms with Gasteiger partial charge in [0.25, 0.3) is 5.91 Å². The second kappa shape index (κ2) is 7.63. The van der Waals surface area contributed by atoms with Crippen molar-refractivity contribution in [3.63, 3.8) is 0 Å². The SMILES string of the molecule is CCCCCNc1cnc(C(=O)NC(C)C)cn1. The zero-order valence-corrected chi connectivity index (χ0v) is 11.4. The zero-order chi connectivity index (χ0) is 13.4. The molecule has 0 unspecified atom stereocenters. The van der Waals surface area contributed by atoms with E-state index in [0.29, 0.717) is 11.5 Å².